The van der Waals surface area contributed by atoms with Gasteiger partial charge in [-0.3, -0.25) is 0 Å². The predicted octanol–water partition coefficient (Wildman–Crippen LogP) is 5.53. The third-order valence-electron chi connectivity index (χ3n) is 3.16. The molecule has 0 aliphatic heterocycles. The smallest absolute Gasteiger partial charge is 0.124 e. The van der Waals surface area contributed by atoms with Crippen LogP contribution < -0.4 is 4.74 Å². The number of methoxy groups -OCH3 is 1. The molecule has 3 aromatic rings. The van der Waals surface area contributed by atoms with E-state index in [4.69, 9.17) is 4.74 Å². The van der Waals surface area contributed by atoms with E-state index in [1.165, 1.54) is 6.07 Å². The molecule has 20 heavy (non-hydrogen) atoms. The summed E-state index contributed by atoms with van der Waals surface area (Å²) < 4.78 is 19.4. The number of hydrogen-bond acceptors (Lipinski definition) is 2. The maximum atomic E-state index is 13.2. The molecule has 1 atom stereocenters. The van der Waals surface area contributed by atoms with Crippen LogP contribution in [-0.4, -0.2) is 7.11 Å². The average molecular weight is 351 g/mol. The predicted molar refractivity (Wildman–Crippen MR) is 85.5 cm³/mol. The SMILES string of the molecule is COc1ccc(C(Br)c2cc3ccc(F)cc3s2)cc1. The van der Waals surface area contributed by atoms with E-state index in [0.717, 1.165) is 26.3 Å². The number of thiophene rings is 1. The second-order valence-electron chi connectivity index (χ2n) is 4.47. The summed E-state index contributed by atoms with van der Waals surface area (Å²) in [6.07, 6.45) is 0. The standard InChI is InChI=1S/C16H12BrFOS/c1-19-13-6-3-10(4-7-13)16(17)15-8-11-2-5-12(18)9-14(11)20-15/h2-9,16H,1H3. The summed E-state index contributed by atoms with van der Waals surface area (Å²) in [6.45, 7) is 0. The summed E-state index contributed by atoms with van der Waals surface area (Å²) >= 11 is 5.32. The van der Waals surface area contributed by atoms with Gasteiger partial charge in [0.25, 0.3) is 0 Å². The minimum atomic E-state index is -0.193. The summed E-state index contributed by atoms with van der Waals surface area (Å²) in [7, 11) is 1.65. The Hall–Kier alpha value is -1.39. The van der Waals surface area contributed by atoms with Crippen molar-refractivity contribution >= 4 is 37.4 Å². The van der Waals surface area contributed by atoms with Crippen molar-refractivity contribution in [1.29, 1.82) is 0 Å². The quantitative estimate of drug-likeness (QED) is 0.564. The molecule has 0 spiro atoms. The molecule has 0 aliphatic rings. The van der Waals surface area contributed by atoms with Crippen molar-refractivity contribution in [3.8, 4) is 5.75 Å². The molecular formula is C16H12BrFOS. The van der Waals surface area contributed by atoms with E-state index in [1.54, 1.807) is 24.5 Å². The second kappa shape index (κ2) is 5.54. The van der Waals surface area contributed by atoms with Crippen LogP contribution in [0, 0.1) is 5.82 Å². The first kappa shape index (κ1) is 13.6. The van der Waals surface area contributed by atoms with E-state index in [2.05, 4.69) is 22.0 Å². The van der Waals surface area contributed by atoms with Gasteiger partial charge in [0.15, 0.2) is 0 Å². The van der Waals surface area contributed by atoms with Gasteiger partial charge in [-0.1, -0.05) is 34.1 Å². The molecule has 2 aromatic carbocycles. The van der Waals surface area contributed by atoms with Gasteiger partial charge in [-0.05, 0) is 41.3 Å². The first-order valence-corrected chi connectivity index (χ1v) is 7.87. The molecule has 0 saturated heterocycles. The van der Waals surface area contributed by atoms with E-state index >= 15 is 0 Å². The largest absolute Gasteiger partial charge is 0.497 e. The van der Waals surface area contributed by atoms with Gasteiger partial charge < -0.3 is 4.74 Å². The molecule has 0 saturated carbocycles. The fourth-order valence-electron chi connectivity index (χ4n) is 2.09. The number of halogens is 2. The van der Waals surface area contributed by atoms with E-state index < -0.39 is 0 Å². The Bertz CT molecular complexity index is 736. The fourth-order valence-corrected chi connectivity index (χ4v) is 3.90. The van der Waals surface area contributed by atoms with E-state index in [9.17, 15) is 4.39 Å². The van der Waals surface area contributed by atoms with Crippen LogP contribution in [-0.2, 0) is 0 Å². The summed E-state index contributed by atoms with van der Waals surface area (Å²) in [5.41, 5.74) is 1.15. The maximum Gasteiger partial charge on any atom is 0.124 e. The Morgan fingerprint density at radius 2 is 1.85 bits per heavy atom. The molecule has 1 nitrogen and oxygen atoms in total. The zero-order chi connectivity index (χ0) is 14.1. The first-order valence-electron chi connectivity index (χ1n) is 6.14. The molecule has 0 fully saturated rings. The molecule has 1 aromatic heterocycles. The number of ether oxygens (including phenoxy) is 1. The highest BCUT2D eigenvalue weighted by Gasteiger charge is 2.14. The molecule has 0 radical (unpaired) electrons. The lowest BCUT2D eigenvalue weighted by molar-refractivity contribution is 0.414. The molecule has 1 heterocycles. The van der Waals surface area contributed by atoms with E-state index in [1.807, 2.05) is 30.3 Å². The molecule has 0 aliphatic carbocycles. The lowest BCUT2D eigenvalue weighted by Gasteiger charge is -2.08. The van der Waals surface area contributed by atoms with E-state index in [-0.39, 0.29) is 10.6 Å². The van der Waals surface area contributed by atoms with Crippen LogP contribution in [0.25, 0.3) is 10.1 Å². The third-order valence-corrected chi connectivity index (χ3v) is 5.65. The number of benzene rings is 2. The molecule has 0 amide bonds. The van der Waals surface area contributed by atoms with Crippen LogP contribution in [0.2, 0.25) is 0 Å². The Labute approximate surface area is 129 Å². The van der Waals surface area contributed by atoms with Gasteiger partial charge in [0, 0.05) is 9.58 Å². The van der Waals surface area contributed by atoms with Gasteiger partial charge in [-0.15, -0.1) is 11.3 Å². The number of hydrogen-bond donors (Lipinski definition) is 0. The Morgan fingerprint density at radius 3 is 2.55 bits per heavy atom. The minimum Gasteiger partial charge on any atom is -0.497 e. The highest BCUT2D eigenvalue weighted by atomic mass is 79.9. The third kappa shape index (κ3) is 2.58. The Morgan fingerprint density at radius 1 is 1.10 bits per heavy atom. The molecule has 1 unspecified atom stereocenters. The van der Waals surface area contributed by atoms with Gasteiger partial charge in [-0.2, -0.15) is 0 Å². The van der Waals surface area contributed by atoms with Gasteiger partial charge in [0.2, 0.25) is 0 Å². The van der Waals surface area contributed by atoms with Crippen molar-refractivity contribution in [2.75, 3.05) is 7.11 Å². The van der Waals surface area contributed by atoms with Crippen LogP contribution in [0.15, 0.2) is 48.5 Å². The normalized spacial score (nSPS) is 12.6. The zero-order valence-electron chi connectivity index (χ0n) is 10.8. The van der Waals surface area contributed by atoms with Gasteiger partial charge >= 0.3 is 0 Å². The summed E-state index contributed by atoms with van der Waals surface area (Å²) in [5, 5.41) is 1.07. The number of rotatable bonds is 3. The minimum absolute atomic E-state index is 0.105. The summed E-state index contributed by atoms with van der Waals surface area (Å²) in [6, 6.07) is 14.9. The zero-order valence-corrected chi connectivity index (χ0v) is 13.2. The van der Waals surface area contributed by atoms with Crippen LogP contribution >= 0.6 is 27.3 Å². The maximum absolute atomic E-state index is 13.2. The van der Waals surface area contributed by atoms with Crippen LogP contribution in [0.4, 0.5) is 4.39 Å². The molecule has 102 valence electrons. The Balaban J connectivity index is 1.96. The van der Waals surface area contributed by atoms with Gasteiger partial charge in [0.1, 0.15) is 11.6 Å². The topological polar surface area (TPSA) is 9.23 Å². The number of fused-ring (bicyclic) bond motifs is 1. The fraction of sp³-hybridized carbons (Fsp3) is 0.125. The monoisotopic (exact) mass is 350 g/mol. The van der Waals surface area contributed by atoms with Crippen molar-refractivity contribution in [2.45, 2.75) is 4.83 Å². The molecule has 4 heteroatoms. The van der Waals surface area contributed by atoms with Crippen molar-refractivity contribution in [3.63, 3.8) is 0 Å². The van der Waals surface area contributed by atoms with Gasteiger partial charge in [0.05, 0.1) is 11.9 Å². The van der Waals surface area contributed by atoms with Crippen molar-refractivity contribution in [2.24, 2.45) is 0 Å². The molecular weight excluding hydrogens is 339 g/mol. The summed E-state index contributed by atoms with van der Waals surface area (Å²) in [5.74, 6) is 0.647. The van der Waals surface area contributed by atoms with Crippen LogP contribution in [0.3, 0.4) is 0 Å². The average Bonchev–Trinajstić information content (AvgIpc) is 2.89. The highest BCUT2D eigenvalue weighted by molar-refractivity contribution is 9.09. The Kier molecular flexibility index (Phi) is 3.76. The van der Waals surface area contributed by atoms with Crippen LogP contribution in [0.5, 0.6) is 5.75 Å². The van der Waals surface area contributed by atoms with Crippen LogP contribution in [0.1, 0.15) is 15.3 Å². The van der Waals surface area contributed by atoms with Crippen molar-refractivity contribution < 1.29 is 9.13 Å². The lowest BCUT2D eigenvalue weighted by Crippen LogP contribution is -1.90. The van der Waals surface area contributed by atoms with Crippen molar-refractivity contribution in [3.05, 3.63) is 64.8 Å². The highest BCUT2D eigenvalue weighted by Crippen LogP contribution is 2.38. The van der Waals surface area contributed by atoms with Crippen molar-refractivity contribution in [1.82, 2.24) is 0 Å². The molecule has 0 bridgehead atoms. The molecule has 3 rings (SSSR count). The molecule has 0 N–H and O–H groups in total. The second-order valence-corrected chi connectivity index (χ2v) is 6.50. The number of alkyl halides is 1. The lowest BCUT2D eigenvalue weighted by atomic mass is 10.1. The van der Waals surface area contributed by atoms with E-state index in [0.29, 0.717) is 0 Å². The summed E-state index contributed by atoms with van der Waals surface area (Å²) in [4.78, 5) is 1.27. The first-order chi connectivity index (χ1) is 9.67. The van der Waals surface area contributed by atoms with Gasteiger partial charge in [-0.25, -0.2) is 4.39 Å².